The Morgan fingerprint density at radius 2 is 2.04 bits per heavy atom. The molecule has 3 rings (SSSR count). The van der Waals surface area contributed by atoms with Gasteiger partial charge in [0.25, 0.3) is 0 Å². The molecule has 0 saturated carbocycles. The quantitative estimate of drug-likeness (QED) is 0.718. The highest BCUT2D eigenvalue weighted by atomic mass is 35.5. The summed E-state index contributed by atoms with van der Waals surface area (Å²) in [5.74, 6) is -0.0142. The van der Waals surface area contributed by atoms with Crippen LogP contribution >= 0.6 is 35.0 Å². The number of hydrogen-bond acceptors (Lipinski definition) is 4. The van der Waals surface area contributed by atoms with Crippen molar-refractivity contribution in [1.82, 2.24) is 4.90 Å². The van der Waals surface area contributed by atoms with Crippen molar-refractivity contribution >= 4 is 40.9 Å². The summed E-state index contributed by atoms with van der Waals surface area (Å²) in [6, 6.07) is 12.8. The zero-order valence-electron chi connectivity index (χ0n) is 14.2. The van der Waals surface area contributed by atoms with Crippen molar-refractivity contribution < 1.29 is 14.6 Å². The molecule has 1 heterocycles. The predicted molar refractivity (Wildman–Crippen MR) is 105 cm³/mol. The van der Waals surface area contributed by atoms with Crippen LogP contribution in [0.15, 0.2) is 52.3 Å². The molecular weight excluding hydrogens is 393 g/mol. The summed E-state index contributed by atoms with van der Waals surface area (Å²) in [6.07, 6.45) is 0.788. The lowest BCUT2D eigenvalue weighted by atomic mass is 10.3. The average molecular weight is 412 g/mol. The molecule has 2 atom stereocenters. The number of carboxylic acids is 1. The van der Waals surface area contributed by atoms with Crippen molar-refractivity contribution in [2.24, 2.45) is 0 Å². The third-order valence-corrected chi connectivity index (χ3v) is 6.13. The van der Waals surface area contributed by atoms with Gasteiger partial charge in [-0.1, -0.05) is 47.1 Å². The summed E-state index contributed by atoms with van der Waals surface area (Å²) in [7, 11) is 0. The molecule has 0 aliphatic carbocycles. The molecule has 0 spiro atoms. The van der Waals surface area contributed by atoms with Gasteiger partial charge in [-0.15, -0.1) is 0 Å². The third kappa shape index (κ3) is 4.65. The van der Waals surface area contributed by atoms with E-state index in [1.54, 1.807) is 24.8 Å². The number of para-hydroxylation sites is 1. The molecule has 7 heteroatoms. The van der Waals surface area contributed by atoms with Crippen molar-refractivity contribution in [3.05, 3.63) is 52.5 Å². The van der Waals surface area contributed by atoms with Crippen molar-refractivity contribution in [1.29, 1.82) is 0 Å². The molecule has 0 aromatic heterocycles. The Morgan fingerprint density at radius 3 is 2.77 bits per heavy atom. The van der Waals surface area contributed by atoms with E-state index in [9.17, 15) is 4.79 Å². The smallest absolute Gasteiger partial charge is 0.320 e. The number of hydrogen-bond donors (Lipinski definition) is 1. The fourth-order valence-electron chi connectivity index (χ4n) is 2.84. The van der Waals surface area contributed by atoms with Gasteiger partial charge in [0, 0.05) is 18.0 Å². The van der Waals surface area contributed by atoms with Gasteiger partial charge in [0.1, 0.15) is 17.9 Å². The molecular formula is C19H19Cl2NO3S. The van der Waals surface area contributed by atoms with Gasteiger partial charge in [-0.2, -0.15) is 0 Å². The number of ether oxygens (including phenoxy) is 1. The Bertz CT molecular complexity index is 802. The molecule has 1 aliphatic rings. The van der Waals surface area contributed by atoms with Crippen molar-refractivity contribution in [2.45, 2.75) is 35.3 Å². The van der Waals surface area contributed by atoms with Crippen LogP contribution in [-0.2, 0) is 4.79 Å². The molecule has 0 bridgehead atoms. The first-order valence-corrected chi connectivity index (χ1v) is 9.86. The number of carbonyl (C=O) groups is 1. The minimum atomic E-state index is -0.804. The lowest BCUT2D eigenvalue weighted by molar-refractivity contribution is -0.142. The van der Waals surface area contributed by atoms with E-state index in [0.717, 1.165) is 28.5 Å². The van der Waals surface area contributed by atoms with Gasteiger partial charge in [-0.25, -0.2) is 0 Å². The summed E-state index contributed by atoms with van der Waals surface area (Å²) >= 11 is 13.6. The highest BCUT2D eigenvalue weighted by Crippen LogP contribution is 2.38. The third-order valence-electron chi connectivity index (χ3n) is 4.34. The molecule has 1 saturated heterocycles. The van der Waals surface area contributed by atoms with Crippen LogP contribution < -0.4 is 4.74 Å². The Kier molecular flexibility index (Phi) is 6.35. The van der Waals surface area contributed by atoms with Crippen molar-refractivity contribution in [2.75, 3.05) is 13.1 Å². The topological polar surface area (TPSA) is 49.8 Å². The molecule has 2 aromatic rings. The zero-order valence-corrected chi connectivity index (χ0v) is 16.5. The van der Waals surface area contributed by atoms with Crippen molar-refractivity contribution in [3.8, 4) is 5.75 Å². The summed E-state index contributed by atoms with van der Waals surface area (Å²) in [5.41, 5.74) is 0. The van der Waals surface area contributed by atoms with Gasteiger partial charge in [0.2, 0.25) is 0 Å². The first-order chi connectivity index (χ1) is 12.4. The van der Waals surface area contributed by atoms with Gasteiger partial charge in [-0.3, -0.25) is 9.69 Å². The van der Waals surface area contributed by atoms with E-state index in [4.69, 9.17) is 33.0 Å². The molecule has 1 aliphatic heterocycles. The van der Waals surface area contributed by atoms with E-state index in [1.165, 1.54) is 0 Å². The van der Waals surface area contributed by atoms with Gasteiger partial charge < -0.3 is 9.84 Å². The maximum atomic E-state index is 11.2. The number of aliphatic carboxylic acids is 1. The molecule has 0 radical (unpaired) electrons. The first-order valence-electron chi connectivity index (χ1n) is 8.29. The van der Waals surface area contributed by atoms with Crippen LogP contribution in [0.5, 0.6) is 5.75 Å². The molecule has 4 nitrogen and oxygen atoms in total. The minimum Gasteiger partial charge on any atom is -0.488 e. The standard InChI is InChI=1S/C19H19Cl2NO3S/c1-12(19(23)24)22-9-8-13(11-22)25-17-4-2-3-5-18(17)26-14-6-7-15(20)16(21)10-14/h2-7,10,12-13H,8-9,11H2,1H3,(H,23,24)/t12-,13-/m1/s1. The lowest BCUT2D eigenvalue weighted by Gasteiger charge is -2.21. The molecule has 138 valence electrons. The second-order valence-corrected chi connectivity index (χ2v) is 8.09. The Balaban J connectivity index is 1.70. The van der Waals surface area contributed by atoms with E-state index < -0.39 is 12.0 Å². The number of nitrogens with zero attached hydrogens (tertiary/aromatic N) is 1. The van der Waals surface area contributed by atoms with Crippen LogP contribution in [0.1, 0.15) is 13.3 Å². The summed E-state index contributed by atoms with van der Waals surface area (Å²) < 4.78 is 6.18. The van der Waals surface area contributed by atoms with Crippen LogP contribution in [0.3, 0.4) is 0 Å². The highest BCUT2D eigenvalue weighted by molar-refractivity contribution is 7.99. The van der Waals surface area contributed by atoms with Crippen LogP contribution in [0, 0.1) is 0 Å². The van der Waals surface area contributed by atoms with E-state index >= 15 is 0 Å². The normalized spacial score (nSPS) is 18.7. The predicted octanol–water partition coefficient (Wildman–Crippen LogP) is 5.07. The van der Waals surface area contributed by atoms with Gasteiger partial charge in [0.15, 0.2) is 0 Å². The maximum absolute atomic E-state index is 11.2. The number of benzene rings is 2. The fourth-order valence-corrected chi connectivity index (χ4v) is 4.13. The fraction of sp³-hybridized carbons (Fsp3) is 0.316. The molecule has 1 N–H and O–H groups in total. The number of rotatable bonds is 6. The largest absolute Gasteiger partial charge is 0.488 e. The molecule has 1 fully saturated rings. The number of likely N-dealkylation sites (tertiary alicyclic amines) is 1. The second kappa shape index (κ2) is 8.53. The number of halogens is 2. The van der Waals surface area contributed by atoms with E-state index in [1.807, 2.05) is 41.3 Å². The number of carboxylic acid groups (broad SMARTS) is 1. The van der Waals surface area contributed by atoms with Gasteiger partial charge in [0.05, 0.1) is 14.9 Å². The summed E-state index contributed by atoms with van der Waals surface area (Å²) in [6.45, 7) is 3.04. The van der Waals surface area contributed by atoms with Crippen LogP contribution in [0.25, 0.3) is 0 Å². The Hall–Kier alpha value is -1.40. The van der Waals surface area contributed by atoms with Crippen LogP contribution in [0.4, 0.5) is 0 Å². The van der Waals surface area contributed by atoms with E-state index in [2.05, 4.69) is 0 Å². The molecule has 0 amide bonds. The monoisotopic (exact) mass is 411 g/mol. The highest BCUT2D eigenvalue weighted by Gasteiger charge is 2.30. The van der Waals surface area contributed by atoms with Crippen LogP contribution in [-0.4, -0.2) is 41.2 Å². The molecule has 26 heavy (non-hydrogen) atoms. The average Bonchev–Trinajstić information content (AvgIpc) is 3.07. The zero-order chi connectivity index (χ0) is 18.7. The van der Waals surface area contributed by atoms with Gasteiger partial charge >= 0.3 is 5.97 Å². The minimum absolute atomic E-state index is 0.0210. The molecule has 2 aromatic carbocycles. The lowest BCUT2D eigenvalue weighted by Crippen LogP contribution is -2.38. The van der Waals surface area contributed by atoms with Crippen LogP contribution in [0.2, 0.25) is 10.0 Å². The Morgan fingerprint density at radius 1 is 1.27 bits per heavy atom. The summed E-state index contributed by atoms with van der Waals surface area (Å²) in [4.78, 5) is 15.0. The first kappa shape index (κ1) is 19.4. The molecule has 0 unspecified atom stereocenters. The van der Waals surface area contributed by atoms with Crippen molar-refractivity contribution in [3.63, 3.8) is 0 Å². The SMILES string of the molecule is C[C@H](C(=O)O)N1CC[C@@H](Oc2ccccc2Sc2ccc(Cl)c(Cl)c2)C1. The Labute approximate surface area is 167 Å². The van der Waals surface area contributed by atoms with E-state index in [0.29, 0.717) is 16.6 Å². The van der Waals surface area contributed by atoms with E-state index in [-0.39, 0.29) is 6.10 Å². The second-order valence-electron chi connectivity index (χ2n) is 6.16. The van der Waals surface area contributed by atoms with Gasteiger partial charge in [-0.05, 0) is 43.7 Å². The summed E-state index contributed by atoms with van der Waals surface area (Å²) in [5, 5.41) is 10.2. The maximum Gasteiger partial charge on any atom is 0.320 e.